The lowest BCUT2D eigenvalue weighted by molar-refractivity contribution is 1.50. The second-order valence-electron chi connectivity index (χ2n) is 0.665. The van der Waals surface area contributed by atoms with Crippen LogP contribution in [0.25, 0.3) is 0 Å². The summed E-state index contributed by atoms with van der Waals surface area (Å²) in [6, 6.07) is 0. The van der Waals surface area contributed by atoms with Crippen molar-refractivity contribution in [2.24, 2.45) is 4.99 Å². The summed E-state index contributed by atoms with van der Waals surface area (Å²) >= 11 is 0. The van der Waals surface area contributed by atoms with Gasteiger partial charge < -0.3 is 0 Å². The Morgan fingerprint density at radius 1 is 0.909 bits per heavy atom. The monoisotopic (exact) mass is 159 g/mol. The van der Waals surface area contributed by atoms with Crippen LogP contribution in [0.1, 0.15) is 48.5 Å². The zero-order valence-electron chi connectivity index (χ0n) is 9.31. The number of allylic oxidation sites excluding steroid dienone is 1. The smallest absolute Gasteiger partial charge is 0.0217 e. The summed E-state index contributed by atoms with van der Waals surface area (Å²) in [7, 11) is 0. The maximum Gasteiger partial charge on any atom is 0.0217 e. The minimum atomic E-state index is 1.64. The SMILES string of the molecule is C=N/C=C\C.CC.CC.CC. The average Bonchev–Trinajstić information content (AvgIpc) is 2.16. The quantitative estimate of drug-likeness (QED) is 0.506. The maximum absolute atomic E-state index is 3.42. The Balaban J connectivity index is -0.0000000350. The molecule has 0 aliphatic carbocycles. The van der Waals surface area contributed by atoms with Gasteiger partial charge in [0.15, 0.2) is 0 Å². The highest BCUT2D eigenvalue weighted by molar-refractivity contribution is 5.25. The van der Waals surface area contributed by atoms with Gasteiger partial charge in [0.25, 0.3) is 0 Å². The number of rotatable bonds is 1. The Morgan fingerprint density at radius 3 is 1.18 bits per heavy atom. The Kier molecular flexibility index (Phi) is 234. The summed E-state index contributed by atoms with van der Waals surface area (Å²) in [6.07, 6.45) is 3.47. The average molecular weight is 159 g/mol. The van der Waals surface area contributed by atoms with E-state index in [9.17, 15) is 0 Å². The van der Waals surface area contributed by atoms with E-state index in [1.54, 1.807) is 6.20 Å². The normalized spacial score (nSPS) is 5.73. The molecule has 0 saturated carbocycles. The fourth-order valence-electron chi connectivity index (χ4n) is 0.105. The van der Waals surface area contributed by atoms with E-state index in [4.69, 9.17) is 0 Å². The predicted molar refractivity (Wildman–Crippen MR) is 58.4 cm³/mol. The maximum atomic E-state index is 3.42. The first-order valence-electron chi connectivity index (χ1n) is 4.49. The van der Waals surface area contributed by atoms with Gasteiger partial charge in [0, 0.05) is 6.20 Å². The molecule has 0 aromatic heterocycles. The van der Waals surface area contributed by atoms with Crippen LogP contribution in [0.15, 0.2) is 17.3 Å². The van der Waals surface area contributed by atoms with Crippen LogP contribution in [-0.4, -0.2) is 6.72 Å². The van der Waals surface area contributed by atoms with Crippen molar-refractivity contribution in [2.75, 3.05) is 0 Å². The van der Waals surface area contributed by atoms with Crippen molar-refractivity contribution >= 4 is 6.72 Å². The highest BCUT2D eigenvalue weighted by Crippen LogP contribution is 1.63. The molecule has 0 aliphatic rings. The van der Waals surface area contributed by atoms with Crippen LogP contribution < -0.4 is 0 Å². The van der Waals surface area contributed by atoms with Crippen LogP contribution in [0.4, 0.5) is 0 Å². The summed E-state index contributed by atoms with van der Waals surface area (Å²) in [5.74, 6) is 0. The van der Waals surface area contributed by atoms with Gasteiger partial charge >= 0.3 is 0 Å². The van der Waals surface area contributed by atoms with Crippen LogP contribution in [0.5, 0.6) is 0 Å². The molecule has 0 heterocycles. The molecule has 0 aliphatic heterocycles. The minimum absolute atomic E-state index is 1.64. The molecule has 0 fully saturated rings. The molecule has 0 radical (unpaired) electrons. The zero-order chi connectivity index (χ0) is 10.1. The van der Waals surface area contributed by atoms with Crippen molar-refractivity contribution < 1.29 is 0 Å². The highest BCUT2D eigenvalue weighted by Gasteiger charge is 1.41. The summed E-state index contributed by atoms with van der Waals surface area (Å²) in [4.78, 5) is 3.42. The van der Waals surface area contributed by atoms with E-state index in [0.29, 0.717) is 0 Å². The van der Waals surface area contributed by atoms with Crippen molar-refractivity contribution in [1.82, 2.24) is 0 Å². The Labute approximate surface area is 73.2 Å². The fraction of sp³-hybridized carbons (Fsp3) is 0.700. The summed E-state index contributed by atoms with van der Waals surface area (Å²) < 4.78 is 0. The largest absolute Gasteiger partial charge is 0.273 e. The van der Waals surface area contributed by atoms with Crippen LogP contribution in [0.3, 0.4) is 0 Å². The number of aliphatic imine (C=N–C) groups is 1. The van der Waals surface area contributed by atoms with Crippen molar-refractivity contribution in [3.05, 3.63) is 12.3 Å². The lowest BCUT2D eigenvalue weighted by Gasteiger charge is -1.58. The molecule has 0 bridgehead atoms. The second kappa shape index (κ2) is 115. The van der Waals surface area contributed by atoms with Gasteiger partial charge in [0.2, 0.25) is 0 Å². The van der Waals surface area contributed by atoms with Gasteiger partial charge in [0.05, 0.1) is 0 Å². The molecular formula is C10H25N. The predicted octanol–water partition coefficient (Wildman–Crippen LogP) is 4.30. The van der Waals surface area contributed by atoms with Gasteiger partial charge in [-0.25, -0.2) is 0 Å². The Morgan fingerprint density at radius 2 is 1.18 bits per heavy atom. The molecule has 11 heavy (non-hydrogen) atoms. The van der Waals surface area contributed by atoms with E-state index >= 15 is 0 Å². The van der Waals surface area contributed by atoms with E-state index in [1.807, 2.05) is 54.5 Å². The van der Waals surface area contributed by atoms with Gasteiger partial charge in [0.1, 0.15) is 0 Å². The first kappa shape index (κ1) is 22.4. The van der Waals surface area contributed by atoms with Crippen LogP contribution in [-0.2, 0) is 0 Å². The fourth-order valence-corrected chi connectivity index (χ4v) is 0.105. The summed E-state index contributed by atoms with van der Waals surface area (Å²) in [6.45, 7) is 17.1. The summed E-state index contributed by atoms with van der Waals surface area (Å²) in [5, 5.41) is 0. The number of hydrogen-bond donors (Lipinski definition) is 0. The van der Waals surface area contributed by atoms with Gasteiger partial charge in [-0.2, -0.15) is 0 Å². The van der Waals surface area contributed by atoms with E-state index in [2.05, 4.69) is 11.7 Å². The van der Waals surface area contributed by atoms with Crippen molar-refractivity contribution in [1.29, 1.82) is 0 Å². The first-order valence-corrected chi connectivity index (χ1v) is 4.49. The van der Waals surface area contributed by atoms with Gasteiger partial charge in [-0.3, -0.25) is 4.99 Å². The second-order valence-corrected chi connectivity index (χ2v) is 0.665. The lowest BCUT2D eigenvalue weighted by Crippen LogP contribution is -1.36. The molecule has 0 amide bonds. The lowest BCUT2D eigenvalue weighted by atomic mass is 10.7. The third-order valence-corrected chi connectivity index (χ3v) is 0.254. The summed E-state index contributed by atoms with van der Waals surface area (Å²) in [5.41, 5.74) is 0. The molecule has 1 nitrogen and oxygen atoms in total. The third-order valence-electron chi connectivity index (χ3n) is 0.254. The Bertz CT molecular complexity index is 46.8. The molecular weight excluding hydrogens is 134 g/mol. The van der Waals surface area contributed by atoms with Crippen LogP contribution in [0, 0.1) is 0 Å². The topological polar surface area (TPSA) is 12.4 Å². The van der Waals surface area contributed by atoms with Crippen LogP contribution >= 0.6 is 0 Å². The third kappa shape index (κ3) is 260. The molecule has 0 aromatic rings. The molecule has 0 atom stereocenters. The van der Waals surface area contributed by atoms with Crippen molar-refractivity contribution in [2.45, 2.75) is 48.5 Å². The van der Waals surface area contributed by atoms with Crippen molar-refractivity contribution in [3.63, 3.8) is 0 Å². The zero-order valence-corrected chi connectivity index (χ0v) is 9.31. The molecule has 0 spiro atoms. The molecule has 0 unspecified atom stereocenters. The van der Waals surface area contributed by atoms with E-state index in [0.717, 1.165) is 0 Å². The highest BCUT2D eigenvalue weighted by atomic mass is 14.6. The molecule has 0 saturated heterocycles. The van der Waals surface area contributed by atoms with Crippen molar-refractivity contribution in [3.8, 4) is 0 Å². The number of nitrogens with zero attached hydrogens (tertiary/aromatic N) is 1. The first-order chi connectivity index (χ1) is 5.41. The standard InChI is InChI=1S/C4H7N.3C2H6/c1-3-4-5-2;3*1-2/h3-4H,2H2,1H3;3*1-2H3/b4-3-;;;. The van der Waals surface area contributed by atoms with E-state index in [1.165, 1.54) is 0 Å². The van der Waals surface area contributed by atoms with Gasteiger partial charge in [-0.15, -0.1) is 0 Å². The molecule has 0 N–H and O–H groups in total. The Hall–Kier alpha value is -0.590. The molecule has 0 rings (SSSR count). The van der Waals surface area contributed by atoms with Gasteiger partial charge in [-0.1, -0.05) is 47.6 Å². The molecule has 0 aromatic carbocycles. The number of hydrogen-bond acceptors (Lipinski definition) is 1. The van der Waals surface area contributed by atoms with Crippen LogP contribution in [0.2, 0.25) is 0 Å². The molecule has 1 heteroatoms. The minimum Gasteiger partial charge on any atom is -0.273 e. The van der Waals surface area contributed by atoms with E-state index < -0.39 is 0 Å². The molecule has 70 valence electrons. The van der Waals surface area contributed by atoms with Gasteiger partial charge in [-0.05, 0) is 13.6 Å². The van der Waals surface area contributed by atoms with E-state index in [-0.39, 0.29) is 0 Å².